The normalized spacial score (nSPS) is 16.0. The van der Waals surface area contributed by atoms with Gasteiger partial charge in [-0.05, 0) is 54.5 Å². The zero-order valence-corrected chi connectivity index (χ0v) is 20.4. The zero-order valence-electron chi connectivity index (χ0n) is 18.7. The fourth-order valence-corrected chi connectivity index (χ4v) is 6.19. The van der Waals surface area contributed by atoms with Crippen molar-refractivity contribution >= 4 is 41.1 Å². The van der Waals surface area contributed by atoms with Crippen LogP contribution in [-0.4, -0.2) is 47.4 Å². The minimum atomic E-state index is -5.08. The van der Waals surface area contributed by atoms with Crippen LogP contribution in [-0.2, 0) is 17.8 Å². The average molecular weight is 513 g/mol. The van der Waals surface area contributed by atoms with E-state index in [0.29, 0.717) is 12.5 Å². The van der Waals surface area contributed by atoms with Gasteiger partial charge < -0.3 is 15.7 Å². The number of thioether (sulfide) groups is 1. The Morgan fingerprint density at radius 2 is 1.94 bits per heavy atom. The summed E-state index contributed by atoms with van der Waals surface area (Å²) < 4.78 is 33.0. The number of aliphatic carboxylic acids is 1. The predicted molar refractivity (Wildman–Crippen MR) is 129 cm³/mol. The number of hydrogen-bond donors (Lipinski definition) is 2. The summed E-state index contributed by atoms with van der Waals surface area (Å²) in [5, 5.41) is 7.12. The molecule has 3 N–H and O–H groups in total. The minimum Gasteiger partial charge on any atom is -0.475 e. The third-order valence-corrected chi connectivity index (χ3v) is 8.29. The van der Waals surface area contributed by atoms with Gasteiger partial charge in [-0.25, -0.2) is 4.79 Å². The molecule has 5 nitrogen and oxygen atoms in total. The second kappa shape index (κ2) is 11.4. The van der Waals surface area contributed by atoms with Gasteiger partial charge in [-0.3, -0.25) is 4.79 Å². The van der Waals surface area contributed by atoms with E-state index in [1.165, 1.54) is 26.5 Å². The van der Waals surface area contributed by atoms with Crippen LogP contribution in [0.25, 0.3) is 6.08 Å². The van der Waals surface area contributed by atoms with Crippen molar-refractivity contribution in [2.45, 2.75) is 48.5 Å². The third kappa shape index (κ3) is 6.22. The first-order chi connectivity index (χ1) is 16.2. The van der Waals surface area contributed by atoms with E-state index in [-0.39, 0.29) is 5.91 Å². The summed E-state index contributed by atoms with van der Waals surface area (Å²) in [6.07, 6.45) is 5.54. The van der Waals surface area contributed by atoms with Crippen LogP contribution in [0.3, 0.4) is 0 Å². The van der Waals surface area contributed by atoms with E-state index in [4.69, 9.17) is 15.6 Å². The molecule has 0 radical (unpaired) electrons. The number of halogens is 3. The van der Waals surface area contributed by atoms with Crippen molar-refractivity contribution in [1.29, 1.82) is 0 Å². The monoisotopic (exact) mass is 512 g/mol. The Morgan fingerprint density at radius 3 is 2.53 bits per heavy atom. The number of thiophene rings is 1. The number of allylic oxidation sites excluding steroid dienone is 1. The number of benzene rings is 1. The molecular formula is C24H27F3N2O3S2. The second-order valence-corrected chi connectivity index (χ2v) is 10.2. The Balaban J connectivity index is 0.000000406. The first-order valence-corrected chi connectivity index (χ1v) is 12.9. The number of carboxylic acid groups (broad SMARTS) is 1. The van der Waals surface area contributed by atoms with E-state index in [0.717, 1.165) is 43.6 Å². The predicted octanol–water partition coefficient (Wildman–Crippen LogP) is 5.54. The molecule has 0 saturated carbocycles. The van der Waals surface area contributed by atoms with Gasteiger partial charge in [0.1, 0.15) is 0 Å². The number of nitrogens with two attached hydrogens (primary N) is 1. The topological polar surface area (TPSA) is 83.6 Å². The molecular weight excluding hydrogens is 485 g/mol. The molecule has 10 heteroatoms. The Hall–Kier alpha value is -2.30. The summed E-state index contributed by atoms with van der Waals surface area (Å²) in [6.45, 7) is 2.27. The number of alkyl halides is 3. The number of piperidine rings is 1. The summed E-state index contributed by atoms with van der Waals surface area (Å²) in [5.74, 6) is -1.99. The molecule has 0 unspecified atom stereocenters. The number of hydrogen-bond acceptors (Lipinski definition) is 5. The molecule has 1 fully saturated rings. The Kier molecular flexibility index (Phi) is 8.83. The van der Waals surface area contributed by atoms with E-state index in [2.05, 4.69) is 47.6 Å². The maximum atomic E-state index is 13.2. The fraction of sp³-hybridized carbons (Fsp3) is 0.417. The van der Waals surface area contributed by atoms with Gasteiger partial charge >= 0.3 is 12.1 Å². The summed E-state index contributed by atoms with van der Waals surface area (Å²) in [4.78, 5) is 25.2. The highest BCUT2D eigenvalue weighted by Gasteiger charge is 2.38. The summed E-state index contributed by atoms with van der Waals surface area (Å²) in [7, 11) is 0. The van der Waals surface area contributed by atoms with E-state index in [1.807, 2.05) is 0 Å². The van der Waals surface area contributed by atoms with Crippen LogP contribution in [0.5, 0.6) is 0 Å². The number of carbonyl (C=O) groups excluding carboxylic acids is 1. The number of nitrogens with zero attached hydrogens (tertiary/aromatic N) is 1. The molecule has 1 amide bonds. The van der Waals surface area contributed by atoms with Gasteiger partial charge in [0.2, 0.25) is 0 Å². The number of carboxylic acids is 1. The van der Waals surface area contributed by atoms with Crippen LogP contribution in [0.15, 0.2) is 34.6 Å². The molecule has 4 rings (SSSR count). The van der Waals surface area contributed by atoms with Gasteiger partial charge in [0.05, 0.1) is 9.09 Å². The van der Waals surface area contributed by atoms with Gasteiger partial charge in [0.25, 0.3) is 5.91 Å². The van der Waals surface area contributed by atoms with E-state index < -0.39 is 12.1 Å². The molecule has 0 spiro atoms. The van der Waals surface area contributed by atoms with Crippen molar-refractivity contribution in [3.63, 3.8) is 0 Å². The molecule has 2 aromatic rings. The number of carbonyl (C=O) groups is 2. The van der Waals surface area contributed by atoms with Crippen molar-refractivity contribution in [3.8, 4) is 0 Å². The van der Waals surface area contributed by atoms with Crippen molar-refractivity contribution in [1.82, 2.24) is 4.90 Å². The number of likely N-dealkylation sites (tertiary alicyclic amines) is 1. The largest absolute Gasteiger partial charge is 0.490 e. The molecule has 1 aliphatic heterocycles. The first-order valence-electron chi connectivity index (χ1n) is 10.9. The standard InChI is InChI=1S/C22H26N2OS2.C2HF3O2/c1-26-22-19-8-3-2-7-18(19)20(27-22)21(25)24-11-9-16(10-12-24)17-6-4-5-15(13-17)14-23;3-2(4,5)1(6)7/h3-6,8,13,16H,2,7,9-12,14,23H2,1H3;(H,6,7). The molecule has 34 heavy (non-hydrogen) atoms. The highest BCUT2D eigenvalue weighted by atomic mass is 32.2. The maximum Gasteiger partial charge on any atom is 0.490 e. The summed E-state index contributed by atoms with van der Waals surface area (Å²) in [6, 6.07) is 8.62. The molecule has 1 aliphatic carbocycles. The van der Waals surface area contributed by atoms with Crippen molar-refractivity contribution < 1.29 is 27.9 Å². The minimum absolute atomic E-state index is 0.237. The molecule has 1 aromatic carbocycles. The van der Waals surface area contributed by atoms with E-state index >= 15 is 0 Å². The fourth-order valence-electron chi connectivity index (χ4n) is 4.16. The average Bonchev–Trinajstić information content (AvgIpc) is 3.22. The Morgan fingerprint density at radius 1 is 1.26 bits per heavy atom. The third-order valence-electron chi connectivity index (χ3n) is 5.92. The SMILES string of the molecule is CSc1sc(C(=O)N2CCC(c3cccc(CN)c3)CC2)c2c1C=CCC2.O=C(O)C(F)(F)F. The summed E-state index contributed by atoms with van der Waals surface area (Å²) in [5.41, 5.74) is 10.9. The number of amides is 1. The Labute approximate surface area is 204 Å². The van der Waals surface area contributed by atoms with Crippen LogP contribution in [0.4, 0.5) is 13.2 Å². The molecule has 0 atom stereocenters. The van der Waals surface area contributed by atoms with Crippen LogP contribution < -0.4 is 5.73 Å². The van der Waals surface area contributed by atoms with Crippen LogP contribution in [0, 0.1) is 0 Å². The van der Waals surface area contributed by atoms with Crippen LogP contribution >= 0.6 is 23.1 Å². The summed E-state index contributed by atoms with van der Waals surface area (Å²) >= 11 is 3.44. The smallest absolute Gasteiger partial charge is 0.475 e. The van der Waals surface area contributed by atoms with E-state index in [9.17, 15) is 18.0 Å². The van der Waals surface area contributed by atoms with Crippen molar-refractivity contribution in [2.24, 2.45) is 5.73 Å². The molecule has 1 saturated heterocycles. The lowest BCUT2D eigenvalue weighted by atomic mass is 9.88. The first kappa shape index (κ1) is 26.3. The van der Waals surface area contributed by atoms with Crippen molar-refractivity contribution in [2.75, 3.05) is 19.3 Å². The van der Waals surface area contributed by atoms with Gasteiger partial charge in [-0.15, -0.1) is 23.1 Å². The number of fused-ring (bicyclic) bond motifs is 1. The quantitative estimate of drug-likeness (QED) is 0.526. The van der Waals surface area contributed by atoms with Gasteiger partial charge in [0.15, 0.2) is 0 Å². The van der Waals surface area contributed by atoms with Gasteiger partial charge in [-0.1, -0.05) is 36.4 Å². The Bertz CT molecular complexity index is 1060. The van der Waals surface area contributed by atoms with Gasteiger partial charge in [0, 0.05) is 25.2 Å². The molecule has 1 aromatic heterocycles. The number of rotatable bonds is 4. The molecule has 184 valence electrons. The highest BCUT2D eigenvalue weighted by molar-refractivity contribution is 8.00. The molecule has 2 aliphatic rings. The lowest BCUT2D eigenvalue weighted by Gasteiger charge is -2.32. The molecule has 0 bridgehead atoms. The van der Waals surface area contributed by atoms with Crippen LogP contribution in [0.1, 0.15) is 57.1 Å². The van der Waals surface area contributed by atoms with Gasteiger partial charge in [-0.2, -0.15) is 13.2 Å². The second-order valence-electron chi connectivity index (χ2n) is 8.07. The van der Waals surface area contributed by atoms with Crippen molar-refractivity contribution in [3.05, 3.63) is 57.5 Å². The maximum absolute atomic E-state index is 13.2. The zero-order chi connectivity index (χ0) is 24.9. The van der Waals surface area contributed by atoms with Crippen LogP contribution in [0.2, 0.25) is 0 Å². The lowest BCUT2D eigenvalue weighted by molar-refractivity contribution is -0.192. The molecule has 2 heterocycles. The lowest BCUT2D eigenvalue weighted by Crippen LogP contribution is -2.38. The van der Waals surface area contributed by atoms with E-state index in [1.54, 1.807) is 23.1 Å². The highest BCUT2D eigenvalue weighted by Crippen LogP contribution is 2.40.